The monoisotopic (exact) mass is 508 g/mol. The third-order valence-electron chi connectivity index (χ3n) is 5.69. The maximum absolute atomic E-state index is 12.7. The number of ether oxygens (including phenoxy) is 1. The fourth-order valence-corrected chi connectivity index (χ4v) is 4.52. The topological polar surface area (TPSA) is 92.8 Å². The number of anilines is 2. The van der Waals surface area contributed by atoms with Gasteiger partial charge in [-0.05, 0) is 79.4 Å². The molecule has 190 valence electrons. The van der Waals surface area contributed by atoms with Crippen molar-refractivity contribution in [1.82, 2.24) is 0 Å². The van der Waals surface area contributed by atoms with Gasteiger partial charge in [-0.25, -0.2) is 13.2 Å². The Bertz CT molecular complexity index is 1320. The fraction of sp³-hybridized carbons (Fsp3) is 0.286. The van der Waals surface area contributed by atoms with Crippen molar-refractivity contribution in [3.63, 3.8) is 0 Å². The number of aryl methyl sites for hydroxylation is 2. The Morgan fingerprint density at radius 3 is 2.17 bits per heavy atom. The highest BCUT2D eigenvalue weighted by molar-refractivity contribution is 7.92. The van der Waals surface area contributed by atoms with Crippen molar-refractivity contribution in [1.29, 1.82) is 0 Å². The van der Waals surface area contributed by atoms with Crippen molar-refractivity contribution >= 4 is 33.3 Å². The number of unbranched alkanes of at least 4 members (excludes halogenated alkanes) is 1. The normalized spacial score (nSPS) is 11.1. The first kappa shape index (κ1) is 26.9. The predicted octanol–water partition coefficient (Wildman–Crippen LogP) is 5.48. The predicted molar refractivity (Wildman–Crippen MR) is 143 cm³/mol. The molecule has 0 atom stereocenters. The van der Waals surface area contributed by atoms with Crippen LogP contribution >= 0.6 is 0 Å². The lowest BCUT2D eigenvalue weighted by molar-refractivity contribution is 0.0499. The third kappa shape index (κ3) is 7.18. The van der Waals surface area contributed by atoms with Gasteiger partial charge in [0.05, 0.1) is 30.7 Å². The minimum absolute atomic E-state index is 0.154. The van der Waals surface area contributed by atoms with Crippen molar-refractivity contribution in [3.05, 3.63) is 94.5 Å². The van der Waals surface area contributed by atoms with Crippen molar-refractivity contribution < 1.29 is 22.7 Å². The van der Waals surface area contributed by atoms with E-state index >= 15 is 0 Å². The molecule has 0 saturated carbocycles. The van der Waals surface area contributed by atoms with Gasteiger partial charge in [0.1, 0.15) is 0 Å². The van der Waals surface area contributed by atoms with Gasteiger partial charge in [-0.1, -0.05) is 37.6 Å². The molecule has 0 bridgehead atoms. The van der Waals surface area contributed by atoms with E-state index < -0.39 is 10.0 Å². The summed E-state index contributed by atoms with van der Waals surface area (Å²) in [5, 5.41) is 2.80. The van der Waals surface area contributed by atoms with Gasteiger partial charge in [0.25, 0.3) is 5.91 Å². The first-order chi connectivity index (χ1) is 17.1. The number of esters is 1. The second kappa shape index (κ2) is 11.9. The zero-order valence-corrected chi connectivity index (χ0v) is 21.9. The van der Waals surface area contributed by atoms with Gasteiger partial charge < -0.3 is 10.1 Å². The van der Waals surface area contributed by atoms with Crippen molar-refractivity contribution in [2.24, 2.45) is 0 Å². The van der Waals surface area contributed by atoms with Gasteiger partial charge in [-0.3, -0.25) is 9.10 Å². The van der Waals surface area contributed by atoms with Crippen LogP contribution in [0.1, 0.15) is 57.2 Å². The van der Waals surface area contributed by atoms with Crippen molar-refractivity contribution in [3.8, 4) is 0 Å². The Morgan fingerprint density at radius 2 is 1.56 bits per heavy atom. The number of amides is 1. The third-order valence-corrected chi connectivity index (χ3v) is 6.81. The van der Waals surface area contributed by atoms with E-state index in [2.05, 4.69) is 5.32 Å². The largest absolute Gasteiger partial charge is 0.462 e. The van der Waals surface area contributed by atoms with E-state index in [-0.39, 0.29) is 18.4 Å². The minimum Gasteiger partial charge on any atom is -0.462 e. The molecular formula is C28H32N2O5S. The lowest BCUT2D eigenvalue weighted by Crippen LogP contribution is -2.30. The maximum atomic E-state index is 12.7. The standard InChI is InChI=1S/C28H32N2O5S/c1-5-6-17-35-28(32)24-13-15-25(16-14-24)29-27(31)23-11-9-22(10-12-23)19-30(36(4,33)34)26-18-20(2)7-8-21(26)3/h7-16,18H,5-6,17,19H2,1-4H3,(H,29,31). The SMILES string of the molecule is CCCCOC(=O)c1ccc(NC(=O)c2ccc(CN(c3cc(C)ccc3C)S(C)(=O)=O)cc2)cc1. The minimum atomic E-state index is -3.52. The summed E-state index contributed by atoms with van der Waals surface area (Å²) in [6.07, 6.45) is 2.95. The number of hydrogen-bond donors (Lipinski definition) is 1. The lowest BCUT2D eigenvalue weighted by Gasteiger charge is -2.25. The molecular weight excluding hydrogens is 476 g/mol. The molecule has 0 aliphatic rings. The lowest BCUT2D eigenvalue weighted by atomic mass is 10.1. The fourth-order valence-electron chi connectivity index (χ4n) is 3.58. The quantitative estimate of drug-likeness (QED) is 0.289. The highest BCUT2D eigenvalue weighted by Gasteiger charge is 2.20. The van der Waals surface area contributed by atoms with Gasteiger partial charge >= 0.3 is 5.97 Å². The Morgan fingerprint density at radius 1 is 0.917 bits per heavy atom. The van der Waals surface area contributed by atoms with Gasteiger partial charge in [-0.2, -0.15) is 0 Å². The molecule has 0 aliphatic carbocycles. The molecule has 0 fully saturated rings. The Labute approximate surface area is 213 Å². The Kier molecular flexibility index (Phi) is 8.88. The number of sulfonamides is 1. The van der Waals surface area contributed by atoms with E-state index in [9.17, 15) is 18.0 Å². The van der Waals surface area contributed by atoms with E-state index in [4.69, 9.17) is 4.74 Å². The molecule has 0 unspecified atom stereocenters. The summed E-state index contributed by atoms with van der Waals surface area (Å²) in [4.78, 5) is 24.7. The highest BCUT2D eigenvalue weighted by Crippen LogP contribution is 2.26. The van der Waals surface area contributed by atoms with Crippen molar-refractivity contribution in [2.45, 2.75) is 40.2 Å². The number of nitrogens with zero attached hydrogens (tertiary/aromatic N) is 1. The van der Waals surface area contributed by atoms with Crippen LogP contribution in [-0.2, 0) is 21.3 Å². The van der Waals surface area contributed by atoms with Crippen LogP contribution in [0.4, 0.5) is 11.4 Å². The zero-order chi connectivity index (χ0) is 26.3. The molecule has 0 spiro atoms. The second-order valence-electron chi connectivity index (χ2n) is 8.78. The summed E-state index contributed by atoms with van der Waals surface area (Å²) in [7, 11) is -3.52. The summed E-state index contributed by atoms with van der Waals surface area (Å²) in [5.41, 5.74) is 4.63. The van der Waals surface area contributed by atoms with Crippen LogP contribution in [0.2, 0.25) is 0 Å². The van der Waals surface area contributed by atoms with Crippen LogP contribution in [0, 0.1) is 13.8 Å². The van der Waals surface area contributed by atoms with Crippen LogP contribution in [0.5, 0.6) is 0 Å². The molecule has 0 saturated heterocycles. The molecule has 3 aromatic rings. The molecule has 36 heavy (non-hydrogen) atoms. The number of benzene rings is 3. The number of rotatable bonds is 10. The Hall–Kier alpha value is -3.65. The smallest absolute Gasteiger partial charge is 0.338 e. The first-order valence-corrected chi connectivity index (χ1v) is 13.7. The van der Waals surface area contributed by atoms with Gasteiger partial charge in [0, 0.05) is 11.3 Å². The molecule has 3 aromatic carbocycles. The molecule has 0 radical (unpaired) electrons. The number of carbonyl (C=O) groups excluding carboxylic acids is 2. The molecule has 7 nitrogen and oxygen atoms in total. The van der Waals surface area contributed by atoms with Gasteiger partial charge in [0.15, 0.2) is 0 Å². The Balaban J connectivity index is 1.67. The molecule has 0 heterocycles. The molecule has 8 heteroatoms. The second-order valence-corrected chi connectivity index (χ2v) is 10.7. The maximum Gasteiger partial charge on any atom is 0.338 e. The average Bonchev–Trinajstić information content (AvgIpc) is 2.84. The summed E-state index contributed by atoms with van der Waals surface area (Å²) in [6.45, 7) is 6.36. The zero-order valence-electron chi connectivity index (χ0n) is 21.1. The van der Waals surface area contributed by atoms with E-state index in [1.807, 2.05) is 39.0 Å². The number of nitrogens with one attached hydrogen (secondary N) is 1. The van der Waals surface area contributed by atoms with Gasteiger partial charge in [0.2, 0.25) is 10.0 Å². The number of carbonyl (C=O) groups is 2. The van der Waals surface area contributed by atoms with Crippen LogP contribution in [0.25, 0.3) is 0 Å². The van der Waals surface area contributed by atoms with E-state index in [1.165, 1.54) is 10.6 Å². The summed E-state index contributed by atoms with van der Waals surface area (Å²) >= 11 is 0. The summed E-state index contributed by atoms with van der Waals surface area (Å²) in [5.74, 6) is -0.699. The summed E-state index contributed by atoms with van der Waals surface area (Å²) in [6, 6.07) is 19.0. The van der Waals surface area contributed by atoms with Crippen LogP contribution in [-0.4, -0.2) is 33.2 Å². The molecule has 0 aliphatic heterocycles. The van der Waals surface area contributed by atoms with Crippen LogP contribution < -0.4 is 9.62 Å². The first-order valence-electron chi connectivity index (χ1n) is 11.8. The van der Waals surface area contributed by atoms with Crippen molar-refractivity contribution in [2.75, 3.05) is 22.5 Å². The molecule has 1 N–H and O–H groups in total. The van der Waals surface area contributed by atoms with Gasteiger partial charge in [-0.15, -0.1) is 0 Å². The average molecular weight is 509 g/mol. The van der Waals surface area contributed by atoms with Crippen LogP contribution in [0.15, 0.2) is 66.7 Å². The highest BCUT2D eigenvalue weighted by atomic mass is 32.2. The molecule has 1 amide bonds. The summed E-state index contributed by atoms with van der Waals surface area (Å²) < 4.78 is 31.7. The number of hydrogen-bond acceptors (Lipinski definition) is 5. The van der Waals surface area contributed by atoms with E-state index in [0.717, 1.165) is 29.5 Å². The van der Waals surface area contributed by atoms with E-state index in [0.29, 0.717) is 29.1 Å². The molecule has 3 rings (SSSR count). The van der Waals surface area contributed by atoms with Crippen LogP contribution in [0.3, 0.4) is 0 Å². The van der Waals surface area contributed by atoms with E-state index in [1.54, 1.807) is 48.5 Å². The molecule has 0 aromatic heterocycles.